The van der Waals surface area contributed by atoms with Gasteiger partial charge in [0.2, 0.25) is 0 Å². The zero-order valence-corrected chi connectivity index (χ0v) is 12.4. The smallest absolute Gasteiger partial charge is 0.321 e. The highest BCUT2D eigenvalue weighted by Crippen LogP contribution is 2.21. The number of rotatable bonds is 7. The monoisotopic (exact) mass is 300 g/mol. The number of amides is 2. The summed E-state index contributed by atoms with van der Waals surface area (Å²) in [4.78, 5) is 13.2. The van der Waals surface area contributed by atoms with Gasteiger partial charge in [-0.2, -0.15) is 0 Å². The van der Waals surface area contributed by atoms with Gasteiger partial charge < -0.3 is 24.8 Å². The minimum absolute atomic E-state index is 0.110. The van der Waals surface area contributed by atoms with Crippen LogP contribution in [0.25, 0.3) is 0 Å². The topological polar surface area (TPSA) is 71.0 Å². The first-order chi connectivity index (χ1) is 9.97. The normalized spacial score (nSPS) is 11.9. The van der Waals surface area contributed by atoms with Crippen molar-refractivity contribution in [2.45, 2.75) is 13.0 Å². The maximum Gasteiger partial charge on any atom is 0.321 e. The lowest BCUT2D eigenvalue weighted by Gasteiger charge is -2.21. The summed E-state index contributed by atoms with van der Waals surface area (Å²) in [5.74, 6) is -0.406. The summed E-state index contributed by atoms with van der Waals surface area (Å²) in [5, 5.41) is 12.1. The summed E-state index contributed by atoms with van der Waals surface area (Å²) < 4.78 is 23.5. The number of anilines is 1. The molecule has 0 saturated heterocycles. The largest absolute Gasteiger partial charge is 0.491 e. The van der Waals surface area contributed by atoms with Gasteiger partial charge in [-0.25, -0.2) is 9.18 Å². The number of urea groups is 1. The van der Waals surface area contributed by atoms with E-state index in [1.54, 1.807) is 13.0 Å². The van der Waals surface area contributed by atoms with Crippen LogP contribution >= 0.6 is 0 Å². The van der Waals surface area contributed by atoms with Crippen molar-refractivity contribution in [3.05, 3.63) is 24.0 Å². The number of hydrogen-bond donors (Lipinski definition) is 2. The fraction of sp³-hybridized carbons (Fsp3) is 0.500. The van der Waals surface area contributed by atoms with E-state index in [1.807, 2.05) is 0 Å². The SMILES string of the molecule is CCOc1ccc(NC(=O)N(C)CC(O)COC)cc1F. The number of aliphatic hydroxyl groups is 1. The molecule has 6 nitrogen and oxygen atoms in total. The molecule has 0 spiro atoms. The number of carbonyl (C=O) groups is 1. The molecule has 0 aromatic heterocycles. The average Bonchev–Trinajstić information content (AvgIpc) is 2.42. The Balaban J connectivity index is 2.59. The molecule has 1 unspecified atom stereocenters. The summed E-state index contributed by atoms with van der Waals surface area (Å²) >= 11 is 0. The third kappa shape index (κ3) is 5.57. The second-order valence-electron chi connectivity index (χ2n) is 4.50. The van der Waals surface area contributed by atoms with E-state index in [-0.39, 0.29) is 18.9 Å². The van der Waals surface area contributed by atoms with E-state index in [1.165, 1.54) is 31.2 Å². The molecular weight excluding hydrogens is 279 g/mol. The van der Waals surface area contributed by atoms with E-state index in [0.29, 0.717) is 12.3 Å². The third-order valence-electron chi connectivity index (χ3n) is 2.67. The number of benzene rings is 1. The van der Waals surface area contributed by atoms with Gasteiger partial charge in [0.1, 0.15) is 0 Å². The summed E-state index contributed by atoms with van der Waals surface area (Å²) in [7, 11) is 2.99. The summed E-state index contributed by atoms with van der Waals surface area (Å²) in [5.41, 5.74) is 0.314. The van der Waals surface area contributed by atoms with Crippen molar-refractivity contribution >= 4 is 11.7 Å². The van der Waals surface area contributed by atoms with Gasteiger partial charge in [0.15, 0.2) is 11.6 Å². The minimum Gasteiger partial charge on any atom is -0.491 e. The van der Waals surface area contributed by atoms with Crippen LogP contribution in [0.15, 0.2) is 18.2 Å². The Kier molecular flexibility index (Phi) is 6.90. The molecular formula is C14H21FN2O4. The lowest BCUT2D eigenvalue weighted by atomic mass is 10.3. The molecule has 0 bridgehead atoms. The van der Waals surface area contributed by atoms with E-state index in [4.69, 9.17) is 9.47 Å². The van der Waals surface area contributed by atoms with Gasteiger partial charge in [-0.1, -0.05) is 0 Å². The van der Waals surface area contributed by atoms with E-state index < -0.39 is 18.0 Å². The average molecular weight is 300 g/mol. The number of nitrogens with zero attached hydrogens (tertiary/aromatic N) is 1. The number of halogens is 1. The Hall–Kier alpha value is -1.86. The molecule has 0 aliphatic carbocycles. The Bertz CT molecular complexity index is 470. The number of nitrogens with one attached hydrogen (secondary N) is 1. The minimum atomic E-state index is -0.775. The number of hydrogen-bond acceptors (Lipinski definition) is 4. The molecule has 1 atom stereocenters. The van der Waals surface area contributed by atoms with Crippen LogP contribution in [0, 0.1) is 5.82 Å². The number of aliphatic hydroxyl groups excluding tert-OH is 1. The van der Waals surface area contributed by atoms with E-state index in [0.717, 1.165) is 0 Å². The van der Waals surface area contributed by atoms with Crippen molar-refractivity contribution in [1.82, 2.24) is 4.90 Å². The molecule has 0 aliphatic rings. The van der Waals surface area contributed by atoms with Crippen LogP contribution in [0.3, 0.4) is 0 Å². The molecule has 1 aromatic rings. The molecule has 0 aliphatic heterocycles. The molecule has 0 fully saturated rings. The molecule has 2 amide bonds. The van der Waals surface area contributed by atoms with Gasteiger partial charge in [0.05, 0.1) is 25.9 Å². The summed E-state index contributed by atoms with van der Waals surface area (Å²) in [6.45, 7) is 2.37. The summed E-state index contributed by atoms with van der Waals surface area (Å²) in [6.07, 6.45) is -0.775. The van der Waals surface area contributed by atoms with Gasteiger partial charge in [0, 0.05) is 25.9 Å². The molecule has 0 heterocycles. The van der Waals surface area contributed by atoms with Gasteiger partial charge in [0.25, 0.3) is 0 Å². The van der Waals surface area contributed by atoms with Crippen molar-refractivity contribution in [1.29, 1.82) is 0 Å². The van der Waals surface area contributed by atoms with Gasteiger partial charge in [-0.15, -0.1) is 0 Å². The standard InChI is InChI=1S/C14H21FN2O4/c1-4-21-13-6-5-10(7-12(13)15)16-14(19)17(2)8-11(18)9-20-3/h5-7,11,18H,4,8-9H2,1-3H3,(H,16,19). The predicted octanol–water partition coefficient (Wildman–Crippen LogP) is 1.70. The van der Waals surface area contributed by atoms with E-state index in [2.05, 4.69) is 5.32 Å². The quantitative estimate of drug-likeness (QED) is 0.804. The van der Waals surface area contributed by atoms with Crippen LogP contribution in [0.2, 0.25) is 0 Å². The molecule has 1 rings (SSSR count). The fourth-order valence-electron chi connectivity index (χ4n) is 1.71. The van der Waals surface area contributed by atoms with Crippen LogP contribution in [-0.2, 0) is 4.74 Å². The van der Waals surface area contributed by atoms with Crippen molar-refractivity contribution in [2.24, 2.45) is 0 Å². The molecule has 21 heavy (non-hydrogen) atoms. The zero-order valence-electron chi connectivity index (χ0n) is 12.4. The molecule has 1 aromatic carbocycles. The predicted molar refractivity (Wildman–Crippen MR) is 77.1 cm³/mol. The Morgan fingerprint density at radius 3 is 2.81 bits per heavy atom. The van der Waals surface area contributed by atoms with Crippen LogP contribution in [0.4, 0.5) is 14.9 Å². The van der Waals surface area contributed by atoms with E-state index >= 15 is 0 Å². The van der Waals surface area contributed by atoms with Crippen LogP contribution in [-0.4, -0.2) is 56.1 Å². The highest BCUT2D eigenvalue weighted by Gasteiger charge is 2.14. The van der Waals surface area contributed by atoms with E-state index in [9.17, 15) is 14.3 Å². The van der Waals surface area contributed by atoms with Gasteiger partial charge in [-0.05, 0) is 19.1 Å². The van der Waals surface area contributed by atoms with Crippen LogP contribution in [0.1, 0.15) is 6.92 Å². The maximum absolute atomic E-state index is 13.7. The van der Waals surface area contributed by atoms with Gasteiger partial charge >= 0.3 is 6.03 Å². The number of likely N-dealkylation sites (N-methyl/N-ethyl adjacent to an activating group) is 1. The fourth-order valence-corrected chi connectivity index (χ4v) is 1.71. The molecule has 0 saturated carbocycles. The first-order valence-electron chi connectivity index (χ1n) is 6.59. The van der Waals surface area contributed by atoms with Crippen molar-refractivity contribution < 1.29 is 23.8 Å². The molecule has 7 heteroatoms. The zero-order chi connectivity index (χ0) is 15.8. The Labute approximate surface area is 123 Å². The second kappa shape index (κ2) is 8.43. The first-order valence-corrected chi connectivity index (χ1v) is 6.59. The maximum atomic E-state index is 13.7. The second-order valence-corrected chi connectivity index (χ2v) is 4.50. The summed E-state index contributed by atoms with van der Waals surface area (Å²) in [6, 6.07) is 3.73. The van der Waals surface area contributed by atoms with Crippen molar-refractivity contribution in [3.63, 3.8) is 0 Å². The number of methoxy groups -OCH3 is 1. The van der Waals surface area contributed by atoms with Crippen molar-refractivity contribution in [2.75, 3.05) is 39.2 Å². The lowest BCUT2D eigenvalue weighted by molar-refractivity contribution is 0.0501. The Morgan fingerprint density at radius 1 is 1.52 bits per heavy atom. The van der Waals surface area contributed by atoms with Crippen LogP contribution in [0.5, 0.6) is 5.75 Å². The first kappa shape index (κ1) is 17.2. The van der Waals surface area contributed by atoms with Crippen molar-refractivity contribution in [3.8, 4) is 5.75 Å². The van der Waals surface area contributed by atoms with Crippen LogP contribution < -0.4 is 10.1 Å². The lowest BCUT2D eigenvalue weighted by Crippen LogP contribution is -2.38. The highest BCUT2D eigenvalue weighted by molar-refractivity contribution is 5.89. The van der Waals surface area contributed by atoms with Gasteiger partial charge in [-0.3, -0.25) is 0 Å². The molecule has 0 radical (unpaired) electrons. The molecule has 118 valence electrons. The number of ether oxygens (including phenoxy) is 2. The third-order valence-corrected chi connectivity index (χ3v) is 2.67. The number of carbonyl (C=O) groups excluding carboxylic acids is 1. The Morgan fingerprint density at radius 2 is 2.24 bits per heavy atom. The molecule has 2 N–H and O–H groups in total. The highest BCUT2D eigenvalue weighted by atomic mass is 19.1.